The fourth-order valence-electron chi connectivity index (χ4n) is 3.44. The number of nitrogens with zero attached hydrogens (tertiary/aromatic N) is 1. The van der Waals surface area contributed by atoms with Gasteiger partial charge in [-0.05, 0) is 47.5 Å². The van der Waals surface area contributed by atoms with Crippen molar-refractivity contribution >= 4 is 39.1 Å². The van der Waals surface area contributed by atoms with Crippen LogP contribution >= 0.6 is 11.6 Å². The lowest BCUT2D eigenvalue weighted by atomic mass is 10.0. The van der Waals surface area contributed by atoms with Gasteiger partial charge in [-0.1, -0.05) is 73.3 Å². The van der Waals surface area contributed by atoms with Crippen molar-refractivity contribution in [2.45, 2.75) is 0 Å². The first-order chi connectivity index (χ1) is 12.7. The zero-order valence-electron chi connectivity index (χ0n) is 14.3. The Morgan fingerprint density at radius 3 is 2.35 bits per heavy atom. The highest BCUT2D eigenvalue weighted by atomic mass is 35.5. The van der Waals surface area contributed by atoms with Crippen LogP contribution in [0.3, 0.4) is 0 Å². The fraction of sp³-hybridized carbons (Fsp3) is 0. The van der Waals surface area contributed by atoms with Gasteiger partial charge in [0, 0.05) is 21.5 Å². The van der Waals surface area contributed by atoms with Crippen LogP contribution in [0, 0.1) is 0 Å². The number of hydrogen-bond acceptors (Lipinski definition) is 0. The van der Waals surface area contributed by atoms with Gasteiger partial charge < -0.3 is 4.57 Å². The van der Waals surface area contributed by atoms with Crippen molar-refractivity contribution in [3.8, 4) is 11.1 Å². The summed E-state index contributed by atoms with van der Waals surface area (Å²) in [5, 5.41) is 3.03. The normalized spacial score (nSPS) is 11.8. The summed E-state index contributed by atoms with van der Waals surface area (Å²) in [6.07, 6.45) is 5.60. The Hall–Kier alpha value is -3.03. The molecule has 0 amide bonds. The maximum atomic E-state index is 6.27. The third kappa shape index (κ3) is 2.67. The van der Waals surface area contributed by atoms with Crippen molar-refractivity contribution in [2.24, 2.45) is 0 Å². The minimum Gasteiger partial charge on any atom is -0.309 e. The molecule has 0 radical (unpaired) electrons. The van der Waals surface area contributed by atoms with Crippen LogP contribution in [0.25, 0.3) is 38.6 Å². The minimum absolute atomic E-state index is 0.733. The van der Waals surface area contributed by atoms with Gasteiger partial charge in [-0.2, -0.15) is 0 Å². The number of hydrogen-bond donors (Lipinski definition) is 0. The standard InChI is InChI=1S/C24H18ClN/c1-3-8-20(4-2)26-23-14-12-19(25)16-22(23)21-13-11-18(15-24(21)26)17-9-6-5-7-10-17/h3-16H,1-2H2/b20-8+. The van der Waals surface area contributed by atoms with Crippen LogP contribution in [0.1, 0.15) is 0 Å². The lowest BCUT2D eigenvalue weighted by molar-refractivity contribution is 1.24. The number of fused-ring (bicyclic) bond motifs is 3. The molecule has 4 rings (SSSR count). The van der Waals surface area contributed by atoms with Gasteiger partial charge in [0.15, 0.2) is 0 Å². The van der Waals surface area contributed by atoms with E-state index < -0.39 is 0 Å². The van der Waals surface area contributed by atoms with E-state index in [2.05, 4.69) is 66.3 Å². The van der Waals surface area contributed by atoms with E-state index in [1.807, 2.05) is 30.4 Å². The first kappa shape index (κ1) is 16.4. The summed E-state index contributed by atoms with van der Waals surface area (Å²) in [4.78, 5) is 0. The number of halogens is 1. The van der Waals surface area contributed by atoms with Gasteiger partial charge in [-0.3, -0.25) is 0 Å². The molecular weight excluding hydrogens is 338 g/mol. The number of aromatic nitrogens is 1. The Kier molecular flexibility index (Phi) is 4.24. The zero-order chi connectivity index (χ0) is 18.1. The van der Waals surface area contributed by atoms with Crippen LogP contribution in [0.5, 0.6) is 0 Å². The van der Waals surface area contributed by atoms with E-state index in [-0.39, 0.29) is 0 Å². The van der Waals surface area contributed by atoms with E-state index >= 15 is 0 Å². The molecule has 0 unspecified atom stereocenters. The summed E-state index contributed by atoms with van der Waals surface area (Å²) in [5.41, 5.74) is 5.57. The summed E-state index contributed by atoms with van der Waals surface area (Å²) in [5.74, 6) is 0. The molecule has 0 atom stereocenters. The molecule has 126 valence electrons. The predicted molar refractivity (Wildman–Crippen MR) is 115 cm³/mol. The SMILES string of the molecule is C=C/C=C(\C=C)n1c2ccc(Cl)cc2c2ccc(-c3ccccc3)cc21. The Bertz CT molecular complexity index is 1160. The Morgan fingerprint density at radius 1 is 0.808 bits per heavy atom. The van der Waals surface area contributed by atoms with Crippen molar-refractivity contribution in [3.05, 3.63) is 103 Å². The molecule has 1 nitrogen and oxygen atoms in total. The van der Waals surface area contributed by atoms with Crippen LogP contribution in [0.4, 0.5) is 0 Å². The van der Waals surface area contributed by atoms with Gasteiger partial charge in [0.05, 0.1) is 11.0 Å². The molecule has 0 aliphatic rings. The molecule has 0 aliphatic carbocycles. The number of allylic oxidation sites excluding steroid dienone is 4. The topological polar surface area (TPSA) is 4.93 Å². The molecule has 0 N–H and O–H groups in total. The molecule has 4 aromatic rings. The van der Waals surface area contributed by atoms with Gasteiger partial charge in [0.25, 0.3) is 0 Å². The first-order valence-electron chi connectivity index (χ1n) is 8.47. The summed E-state index contributed by atoms with van der Waals surface area (Å²) in [6, 6.07) is 22.9. The average molecular weight is 356 g/mol. The minimum atomic E-state index is 0.733. The third-order valence-electron chi connectivity index (χ3n) is 4.59. The molecule has 0 spiro atoms. The van der Waals surface area contributed by atoms with E-state index in [4.69, 9.17) is 11.6 Å². The van der Waals surface area contributed by atoms with Crippen molar-refractivity contribution in [3.63, 3.8) is 0 Å². The Morgan fingerprint density at radius 2 is 1.62 bits per heavy atom. The van der Waals surface area contributed by atoms with Gasteiger partial charge in [-0.25, -0.2) is 0 Å². The van der Waals surface area contributed by atoms with Gasteiger partial charge in [0.2, 0.25) is 0 Å². The molecule has 26 heavy (non-hydrogen) atoms. The van der Waals surface area contributed by atoms with Crippen LogP contribution in [-0.2, 0) is 0 Å². The molecule has 3 aromatic carbocycles. The summed E-state index contributed by atoms with van der Waals surface area (Å²) in [6.45, 7) is 7.82. The van der Waals surface area contributed by atoms with E-state index in [9.17, 15) is 0 Å². The average Bonchev–Trinajstić information content (AvgIpc) is 2.99. The zero-order valence-corrected chi connectivity index (χ0v) is 15.1. The van der Waals surface area contributed by atoms with Crippen molar-refractivity contribution in [1.82, 2.24) is 4.57 Å². The summed E-state index contributed by atoms with van der Waals surface area (Å²) < 4.78 is 2.21. The first-order valence-corrected chi connectivity index (χ1v) is 8.85. The van der Waals surface area contributed by atoms with Crippen molar-refractivity contribution < 1.29 is 0 Å². The largest absolute Gasteiger partial charge is 0.309 e. The van der Waals surface area contributed by atoms with Crippen molar-refractivity contribution in [2.75, 3.05) is 0 Å². The fourth-order valence-corrected chi connectivity index (χ4v) is 3.61. The van der Waals surface area contributed by atoms with Crippen molar-refractivity contribution in [1.29, 1.82) is 0 Å². The molecule has 0 saturated heterocycles. The van der Waals surface area contributed by atoms with Gasteiger partial charge in [0.1, 0.15) is 0 Å². The lowest BCUT2D eigenvalue weighted by Crippen LogP contribution is -1.94. The van der Waals surface area contributed by atoms with Gasteiger partial charge >= 0.3 is 0 Å². The highest BCUT2D eigenvalue weighted by Gasteiger charge is 2.13. The molecule has 1 aromatic heterocycles. The van der Waals surface area contributed by atoms with E-state index in [1.54, 1.807) is 6.08 Å². The smallest absolute Gasteiger partial charge is 0.0547 e. The lowest BCUT2D eigenvalue weighted by Gasteiger charge is -2.09. The quantitative estimate of drug-likeness (QED) is 0.338. The summed E-state index contributed by atoms with van der Waals surface area (Å²) >= 11 is 6.27. The second-order valence-electron chi connectivity index (χ2n) is 6.13. The molecule has 0 saturated carbocycles. The molecule has 0 fully saturated rings. The van der Waals surface area contributed by atoms with Gasteiger partial charge in [-0.15, -0.1) is 0 Å². The predicted octanol–water partition coefficient (Wildman–Crippen LogP) is 7.33. The molecule has 2 heteroatoms. The Balaban J connectivity index is 2.12. The Labute approximate surface area is 158 Å². The van der Waals surface area contributed by atoms with Crippen LogP contribution in [0.15, 0.2) is 98.1 Å². The molecule has 0 aliphatic heterocycles. The molecular formula is C24H18ClN. The van der Waals surface area contributed by atoms with Crippen LogP contribution in [0.2, 0.25) is 5.02 Å². The van der Waals surface area contributed by atoms with E-state index in [1.165, 1.54) is 16.5 Å². The number of rotatable bonds is 4. The second-order valence-corrected chi connectivity index (χ2v) is 6.56. The monoisotopic (exact) mass is 355 g/mol. The highest BCUT2D eigenvalue weighted by Crippen LogP contribution is 2.36. The third-order valence-corrected chi connectivity index (χ3v) is 4.83. The second kappa shape index (κ2) is 6.70. The highest BCUT2D eigenvalue weighted by molar-refractivity contribution is 6.32. The van der Waals surface area contributed by atoms with E-state index in [0.29, 0.717) is 0 Å². The maximum absolute atomic E-state index is 6.27. The summed E-state index contributed by atoms with van der Waals surface area (Å²) in [7, 11) is 0. The maximum Gasteiger partial charge on any atom is 0.0547 e. The number of benzene rings is 3. The van der Waals surface area contributed by atoms with E-state index in [0.717, 1.165) is 27.1 Å². The molecule has 0 bridgehead atoms. The van der Waals surface area contributed by atoms with Crippen LogP contribution in [-0.4, -0.2) is 4.57 Å². The van der Waals surface area contributed by atoms with Crippen LogP contribution < -0.4 is 0 Å². The molecule has 1 heterocycles.